The van der Waals surface area contributed by atoms with Gasteiger partial charge in [0.25, 0.3) is 5.91 Å². The Morgan fingerprint density at radius 3 is 2.37 bits per heavy atom. The molecule has 1 N–H and O–H groups in total. The number of fused-ring (bicyclic) bond motifs is 1. The van der Waals surface area contributed by atoms with Crippen molar-refractivity contribution >= 4 is 39.3 Å². The zero-order chi connectivity index (χ0) is 30.9. The quantitative estimate of drug-likeness (QED) is 0.275. The monoisotopic (exact) mass is 649 g/mol. The normalized spacial score (nSPS) is 27.2. The molecular formula is C34H40BrN3O5. The topological polar surface area (TPSA) is 90.4 Å². The second-order valence-corrected chi connectivity index (χ2v) is 12.9. The molecule has 8 nitrogen and oxygen atoms in total. The van der Waals surface area contributed by atoms with Crippen molar-refractivity contribution < 1.29 is 24.2 Å². The molecule has 0 aliphatic carbocycles. The molecule has 3 unspecified atom stereocenters. The molecule has 3 heterocycles. The fraction of sp³-hybridized carbons (Fsp3) is 0.441. The standard InChI is InChI=1S/C34H40BrN3O5/c1-5-16-36(21-24-14-8-7-9-15-24)31(40)26-27-32(41)38(18-11-19-39)30(34(27)20-25(35)29(26)43-34)33(42)37(17-6-2)28-22(3)12-10-13-23(28)4/h5-10,12-15,25-27,29-30,39H,1-2,11,16-21H2,3-4H3/t25?,26-,27-,29-,30?,34?/m0/s1. The summed E-state index contributed by atoms with van der Waals surface area (Å²) in [5, 5.41) is 9.71. The van der Waals surface area contributed by atoms with Crippen LogP contribution in [0.5, 0.6) is 0 Å². The van der Waals surface area contributed by atoms with Crippen LogP contribution in [-0.2, 0) is 25.7 Å². The molecule has 0 saturated carbocycles. The van der Waals surface area contributed by atoms with Crippen LogP contribution in [0, 0.1) is 25.7 Å². The van der Waals surface area contributed by atoms with E-state index in [0.717, 1.165) is 22.4 Å². The van der Waals surface area contributed by atoms with Crippen molar-refractivity contribution in [3.05, 3.63) is 90.5 Å². The second-order valence-electron chi connectivity index (χ2n) is 11.7. The summed E-state index contributed by atoms with van der Waals surface area (Å²) in [5.74, 6) is -2.32. The Morgan fingerprint density at radius 1 is 1.07 bits per heavy atom. The lowest BCUT2D eigenvalue weighted by molar-refractivity contribution is -0.145. The van der Waals surface area contributed by atoms with Crippen molar-refractivity contribution in [3.63, 3.8) is 0 Å². The molecule has 1 spiro atoms. The van der Waals surface area contributed by atoms with Crippen LogP contribution in [0.4, 0.5) is 5.69 Å². The van der Waals surface area contributed by atoms with Crippen LogP contribution in [0.1, 0.15) is 29.5 Å². The molecule has 43 heavy (non-hydrogen) atoms. The number of hydrogen-bond donors (Lipinski definition) is 1. The van der Waals surface area contributed by atoms with Crippen molar-refractivity contribution in [1.29, 1.82) is 0 Å². The van der Waals surface area contributed by atoms with Crippen LogP contribution >= 0.6 is 15.9 Å². The van der Waals surface area contributed by atoms with Gasteiger partial charge in [-0.2, -0.15) is 0 Å². The van der Waals surface area contributed by atoms with E-state index in [1.165, 1.54) is 0 Å². The summed E-state index contributed by atoms with van der Waals surface area (Å²) in [6.07, 6.45) is 3.52. The number of carbonyl (C=O) groups excluding carboxylic acids is 3. The maximum Gasteiger partial charge on any atom is 0.253 e. The van der Waals surface area contributed by atoms with E-state index in [2.05, 4.69) is 29.1 Å². The molecule has 0 radical (unpaired) electrons. The van der Waals surface area contributed by atoms with E-state index in [4.69, 9.17) is 4.74 Å². The molecule has 2 aromatic rings. The number of hydrogen-bond acceptors (Lipinski definition) is 5. The third-order valence-electron chi connectivity index (χ3n) is 9.03. The number of benzene rings is 2. The highest BCUT2D eigenvalue weighted by Gasteiger charge is 2.76. The van der Waals surface area contributed by atoms with Crippen LogP contribution in [0.25, 0.3) is 0 Å². The molecule has 3 amide bonds. The van der Waals surface area contributed by atoms with Gasteiger partial charge in [-0.25, -0.2) is 0 Å². The van der Waals surface area contributed by atoms with Gasteiger partial charge in [-0.05, 0) is 43.4 Å². The van der Waals surface area contributed by atoms with Crippen molar-refractivity contribution in [2.45, 2.75) is 55.8 Å². The highest BCUT2D eigenvalue weighted by Crippen LogP contribution is 2.60. The van der Waals surface area contributed by atoms with Gasteiger partial charge in [0.05, 0.1) is 17.9 Å². The molecule has 3 fully saturated rings. The van der Waals surface area contributed by atoms with Crippen LogP contribution in [-0.4, -0.2) is 81.4 Å². The summed E-state index contributed by atoms with van der Waals surface area (Å²) in [7, 11) is 0. The number of halogens is 1. The number of para-hydroxylation sites is 1. The van der Waals surface area contributed by atoms with Gasteiger partial charge in [0.2, 0.25) is 11.8 Å². The van der Waals surface area contributed by atoms with Gasteiger partial charge in [0.15, 0.2) is 0 Å². The predicted molar refractivity (Wildman–Crippen MR) is 170 cm³/mol. The number of nitrogens with zero attached hydrogens (tertiary/aromatic N) is 3. The smallest absolute Gasteiger partial charge is 0.253 e. The Kier molecular flexibility index (Phi) is 9.25. The lowest BCUT2D eigenvalue weighted by Gasteiger charge is -2.38. The lowest BCUT2D eigenvalue weighted by Crippen LogP contribution is -2.57. The summed E-state index contributed by atoms with van der Waals surface area (Å²) < 4.78 is 6.73. The highest BCUT2D eigenvalue weighted by atomic mass is 79.9. The predicted octanol–water partition coefficient (Wildman–Crippen LogP) is 4.17. The number of aliphatic hydroxyl groups is 1. The van der Waals surface area contributed by atoms with Gasteiger partial charge in [0.1, 0.15) is 11.6 Å². The van der Waals surface area contributed by atoms with Crippen molar-refractivity contribution in [3.8, 4) is 0 Å². The van der Waals surface area contributed by atoms with E-state index in [-0.39, 0.29) is 42.2 Å². The van der Waals surface area contributed by atoms with Gasteiger partial charge >= 0.3 is 0 Å². The van der Waals surface area contributed by atoms with Gasteiger partial charge in [-0.15, -0.1) is 13.2 Å². The molecule has 2 bridgehead atoms. The zero-order valence-electron chi connectivity index (χ0n) is 24.8. The van der Waals surface area contributed by atoms with Crippen molar-refractivity contribution in [2.75, 3.05) is 31.1 Å². The van der Waals surface area contributed by atoms with Crippen molar-refractivity contribution in [2.24, 2.45) is 11.8 Å². The number of amides is 3. The summed E-state index contributed by atoms with van der Waals surface area (Å²) in [6, 6.07) is 14.6. The van der Waals surface area contributed by atoms with Gasteiger partial charge < -0.3 is 24.5 Å². The number of anilines is 1. The van der Waals surface area contributed by atoms with Crippen LogP contribution in [0.2, 0.25) is 0 Å². The van der Waals surface area contributed by atoms with E-state index >= 15 is 0 Å². The van der Waals surface area contributed by atoms with Crippen LogP contribution in [0.15, 0.2) is 73.8 Å². The molecule has 2 aromatic carbocycles. The molecule has 3 aliphatic rings. The van der Waals surface area contributed by atoms with E-state index in [1.807, 2.05) is 62.4 Å². The average molecular weight is 651 g/mol. The number of aliphatic hydroxyl groups excluding tert-OH is 1. The van der Waals surface area contributed by atoms with Crippen LogP contribution < -0.4 is 4.90 Å². The fourth-order valence-corrected chi connectivity index (χ4v) is 8.32. The van der Waals surface area contributed by atoms with Gasteiger partial charge in [-0.1, -0.05) is 76.6 Å². The number of rotatable bonds is 12. The Morgan fingerprint density at radius 2 is 1.74 bits per heavy atom. The zero-order valence-corrected chi connectivity index (χ0v) is 26.4. The maximum atomic E-state index is 14.8. The number of carbonyl (C=O) groups is 3. The first-order chi connectivity index (χ1) is 20.7. The summed E-state index contributed by atoms with van der Waals surface area (Å²) in [5.41, 5.74) is 2.41. The SMILES string of the molecule is C=CCN(Cc1ccccc1)C(=O)[C@H]1[C@H]2C(=O)N(CCCO)C(C(=O)N(CC=C)c3c(C)cccc3C)C23CC(Br)[C@@H]1O3. The third kappa shape index (κ3) is 5.36. The van der Waals surface area contributed by atoms with E-state index in [9.17, 15) is 19.5 Å². The molecule has 0 aromatic heterocycles. The van der Waals surface area contributed by atoms with E-state index in [0.29, 0.717) is 25.9 Å². The minimum Gasteiger partial charge on any atom is -0.396 e. The first-order valence-corrected chi connectivity index (χ1v) is 15.8. The van der Waals surface area contributed by atoms with Crippen molar-refractivity contribution in [1.82, 2.24) is 9.80 Å². The van der Waals surface area contributed by atoms with Crippen LogP contribution in [0.3, 0.4) is 0 Å². The Balaban J connectivity index is 1.57. The molecule has 3 aliphatic heterocycles. The maximum absolute atomic E-state index is 14.8. The van der Waals surface area contributed by atoms with E-state index in [1.54, 1.807) is 26.9 Å². The third-order valence-corrected chi connectivity index (χ3v) is 9.87. The molecule has 5 rings (SSSR count). The molecule has 6 atom stereocenters. The minimum atomic E-state index is -1.19. The average Bonchev–Trinajstić information content (AvgIpc) is 3.58. The van der Waals surface area contributed by atoms with Gasteiger partial charge in [0, 0.05) is 43.3 Å². The Bertz CT molecular complexity index is 1380. The summed E-state index contributed by atoms with van der Waals surface area (Å²) in [4.78, 5) is 48.2. The first-order valence-electron chi connectivity index (χ1n) is 14.9. The second kappa shape index (κ2) is 12.8. The van der Waals surface area contributed by atoms with Gasteiger partial charge in [-0.3, -0.25) is 14.4 Å². The molecule has 228 valence electrons. The number of likely N-dealkylation sites (tertiary alicyclic amines) is 1. The largest absolute Gasteiger partial charge is 0.396 e. The highest BCUT2D eigenvalue weighted by molar-refractivity contribution is 9.09. The number of ether oxygens (including phenoxy) is 1. The fourth-order valence-electron chi connectivity index (χ4n) is 7.38. The van der Waals surface area contributed by atoms with E-state index < -0.39 is 29.6 Å². The molecular weight excluding hydrogens is 610 g/mol. The summed E-state index contributed by atoms with van der Waals surface area (Å²) >= 11 is 3.77. The Labute approximate surface area is 262 Å². The first kappa shape index (κ1) is 31.2. The minimum absolute atomic E-state index is 0.132. The Hall–Kier alpha value is -3.27. The molecule has 3 saturated heterocycles. The summed E-state index contributed by atoms with van der Waals surface area (Å²) in [6.45, 7) is 12.7. The molecule has 9 heteroatoms. The number of aryl methyl sites for hydroxylation is 2. The lowest BCUT2D eigenvalue weighted by atomic mass is 9.70. The number of alkyl halides is 1.